The molecule has 3 rings (SSSR count). The lowest BCUT2D eigenvalue weighted by Gasteiger charge is -1.96. The van der Waals surface area contributed by atoms with Crippen molar-refractivity contribution >= 4 is 5.52 Å². The van der Waals surface area contributed by atoms with Gasteiger partial charge in [0.2, 0.25) is 0 Å². The van der Waals surface area contributed by atoms with E-state index >= 15 is 0 Å². The summed E-state index contributed by atoms with van der Waals surface area (Å²) in [7, 11) is 0. The summed E-state index contributed by atoms with van der Waals surface area (Å²) in [5.41, 5.74) is 4.58. The number of pyridine rings is 1. The minimum atomic E-state index is 1.02. The molecule has 0 aliphatic rings. The molecular formula is C14H12N2. The molecule has 0 aliphatic carbocycles. The van der Waals surface area contributed by atoms with Crippen LogP contribution in [0.3, 0.4) is 0 Å². The van der Waals surface area contributed by atoms with Gasteiger partial charge in [-0.05, 0) is 31.2 Å². The Morgan fingerprint density at radius 3 is 2.75 bits per heavy atom. The van der Waals surface area contributed by atoms with Crippen LogP contribution in [0, 0.1) is 6.92 Å². The molecule has 0 saturated heterocycles. The van der Waals surface area contributed by atoms with Gasteiger partial charge in [-0.25, -0.2) is 4.52 Å². The zero-order chi connectivity index (χ0) is 11.0. The number of hydrogen-bond donors (Lipinski definition) is 0. The fourth-order valence-corrected chi connectivity index (χ4v) is 1.88. The van der Waals surface area contributed by atoms with Crippen molar-refractivity contribution in [2.45, 2.75) is 6.92 Å². The normalized spacial score (nSPS) is 10.8. The number of fused-ring (bicyclic) bond motifs is 1. The number of aromatic nitrogens is 2. The molecule has 0 fully saturated rings. The monoisotopic (exact) mass is 208 g/mol. The number of aryl methyl sites for hydroxylation is 1. The van der Waals surface area contributed by atoms with Crippen molar-refractivity contribution in [3.8, 4) is 11.3 Å². The van der Waals surface area contributed by atoms with E-state index in [1.807, 2.05) is 22.8 Å². The molecule has 0 unspecified atom stereocenters. The first-order valence-electron chi connectivity index (χ1n) is 5.34. The molecule has 0 spiro atoms. The fraction of sp³-hybridized carbons (Fsp3) is 0.0714. The van der Waals surface area contributed by atoms with Crippen molar-refractivity contribution in [1.82, 2.24) is 9.61 Å². The molecule has 2 nitrogen and oxygen atoms in total. The van der Waals surface area contributed by atoms with Gasteiger partial charge in [0.1, 0.15) is 0 Å². The molecule has 0 amide bonds. The molecule has 0 saturated carbocycles. The SMILES string of the molecule is Cc1cccc(-c2cc3ccccn3n2)c1. The number of benzene rings is 1. The summed E-state index contributed by atoms with van der Waals surface area (Å²) in [5.74, 6) is 0. The second-order valence-corrected chi connectivity index (χ2v) is 3.97. The van der Waals surface area contributed by atoms with Gasteiger partial charge in [-0.3, -0.25) is 0 Å². The van der Waals surface area contributed by atoms with Crippen LogP contribution in [0.4, 0.5) is 0 Å². The highest BCUT2D eigenvalue weighted by Crippen LogP contribution is 2.20. The minimum absolute atomic E-state index is 1.02. The van der Waals surface area contributed by atoms with Gasteiger partial charge in [0, 0.05) is 11.8 Å². The summed E-state index contributed by atoms with van der Waals surface area (Å²) < 4.78 is 1.90. The van der Waals surface area contributed by atoms with Crippen LogP contribution in [0.1, 0.15) is 5.56 Å². The maximum absolute atomic E-state index is 4.54. The van der Waals surface area contributed by atoms with Gasteiger partial charge in [0.15, 0.2) is 0 Å². The number of rotatable bonds is 1. The van der Waals surface area contributed by atoms with Crippen LogP contribution in [-0.2, 0) is 0 Å². The van der Waals surface area contributed by atoms with E-state index in [4.69, 9.17) is 0 Å². The molecule has 0 N–H and O–H groups in total. The summed E-state index contributed by atoms with van der Waals surface area (Å²) in [6.45, 7) is 2.10. The molecule has 0 atom stereocenters. The fourth-order valence-electron chi connectivity index (χ4n) is 1.88. The average molecular weight is 208 g/mol. The van der Waals surface area contributed by atoms with Gasteiger partial charge in [0.05, 0.1) is 11.2 Å². The van der Waals surface area contributed by atoms with E-state index in [2.05, 4.69) is 48.4 Å². The van der Waals surface area contributed by atoms with Crippen molar-refractivity contribution in [2.75, 3.05) is 0 Å². The first-order valence-corrected chi connectivity index (χ1v) is 5.34. The van der Waals surface area contributed by atoms with Crippen molar-refractivity contribution < 1.29 is 0 Å². The molecule has 3 aromatic rings. The second kappa shape index (κ2) is 3.49. The van der Waals surface area contributed by atoms with Crippen molar-refractivity contribution in [3.63, 3.8) is 0 Å². The molecule has 0 bridgehead atoms. The second-order valence-electron chi connectivity index (χ2n) is 3.97. The third kappa shape index (κ3) is 1.48. The highest BCUT2D eigenvalue weighted by atomic mass is 15.2. The van der Waals surface area contributed by atoms with Gasteiger partial charge in [0.25, 0.3) is 0 Å². The first-order chi connectivity index (χ1) is 7.83. The zero-order valence-corrected chi connectivity index (χ0v) is 9.09. The number of nitrogens with zero attached hydrogens (tertiary/aromatic N) is 2. The Bertz CT molecular complexity index is 605. The molecule has 2 heteroatoms. The van der Waals surface area contributed by atoms with E-state index < -0.39 is 0 Å². The lowest BCUT2D eigenvalue weighted by Crippen LogP contribution is -1.85. The maximum atomic E-state index is 4.54. The quantitative estimate of drug-likeness (QED) is 0.599. The Balaban J connectivity index is 2.19. The third-order valence-corrected chi connectivity index (χ3v) is 2.68. The Morgan fingerprint density at radius 1 is 1.00 bits per heavy atom. The van der Waals surface area contributed by atoms with E-state index in [9.17, 15) is 0 Å². The first kappa shape index (κ1) is 9.16. The predicted molar refractivity (Wildman–Crippen MR) is 65.4 cm³/mol. The zero-order valence-electron chi connectivity index (χ0n) is 9.09. The Morgan fingerprint density at radius 2 is 1.94 bits per heavy atom. The van der Waals surface area contributed by atoms with E-state index in [-0.39, 0.29) is 0 Å². The smallest absolute Gasteiger partial charge is 0.0933 e. The van der Waals surface area contributed by atoms with Crippen LogP contribution < -0.4 is 0 Å². The van der Waals surface area contributed by atoms with Gasteiger partial charge in [-0.15, -0.1) is 0 Å². The van der Waals surface area contributed by atoms with Crippen LogP contribution in [-0.4, -0.2) is 9.61 Å². The third-order valence-electron chi connectivity index (χ3n) is 2.68. The van der Waals surface area contributed by atoms with Gasteiger partial charge >= 0.3 is 0 Å². The maximum Gasteiger partial charge on any atom is 0.0933 e. The summed E-state index contributed by atoms with van der Waals surface area (Å²) in [4.78, 5) is 0. The Labute approximate surface area is 94.2 Å². The van der Waals surface area contributed by atoms with Gasteiger partial charge in [-0.1, -0.05) is 29.8 Å². The minimum Gasteiger partial charge on any atom is -0.240 e. The Hall–Kier alpha value is -2.09. The standard InChI is InChI=1S/C14H12N2/c1-11-5-4-6-12(9-11)14-10-13-7-2-3-8-16(13)15-14/h2-10H,1H3. The van der Waals surface area contributed by atoms with Crippen molar-refractivity contribution in [1.29, 1.82) is 0 Å². The molecule has 0 radical (unpaired) electrons. The topological polar surface area (TPSA) is 17.3 Å². The van der Waals surface area contributed by atoms with E-state index in [0.717, 1.165) is 11.2 Å². The average Bonchev–Trinajstić information content (AvgIpc) is 2.72. The molecule has 1 aromatic carbocycles. The van der Waals surface area contributed by atoms with Crippen LogP contribution >= 0.6 is 0 Å². The molecule has 16 heavy (non-hydrogen) atoms. The van der Waals surface area contributed by atoms with Crippen molar-refractivity contribution in [2.24, 2.45) is 0 Å². The lowest BCUT2D eigenvalue weighted by molar-refractivity contribution is 0.965. The summed E-state index contributed by atoms with van der Waals surface area (Å²) >= 11 is 0. The van der Waals surface area contributed by atoms with E-state index in [0.29, 0.717) is 0 Å². The summed E-state index contributed by atoms with van der Waals surface area (Å²) in [6, 6.07) is 16.6. The van der Waals surface area contributed by atoms with E-state index in [1.54, 1.807) is 0 Å². The largest absolute Gasteiger partial charge is 0.240 e. The van der Waals surface area contributed by atoms with Crippen LogP contribution in [0.15, 0.2) is 54.7 Å². The van der Waals surface area contributed by atoms with Crippen LogP contribution in [0.25, 0.3) is 16.8 Å². The van der Waals surface area contributed by atoms with Crippen molar-refractivity contribution in [3.05, 3.63) is 60.3 Å². The van der Waals surface area contributed by atoms with Gasteiger partial charge in [-0.2, -0.15) is 5.10 Å². The molecule has 78 valence electrons. The number of hydrogen-bond acceptors (Lipinski definition) is 1. The molecular weight excluding hydrogens is 196 g/mol. The summed E-state index contributed by atoms with van der Waals surface area (Å²) in [6.07, 6.45) is 1.97. The molecule has 0 aliphatic heterocycles. The predicted octanol–water partition coefficient (Wildman–Crippen LogP) is 3.31. The van der Waals surface area contributed by atoms with Crippen LogP contribution in [0.5, 0.6) is 0 Å². The molecule has 2 heterocycles. The van der Waals surface area contributed by atoms with Gasteiger partial charge < -0.3 is 0 Å². The lowest BCUT2D eigenvalue weighted by atomic mass is 10.1. The Kier molecular flexibility index (Phi) is 2.00. The summed E-state index contributed by atoms with van der Waals surface area (Å²) in [5, 5.41) is 4.54. The van der Waals surface area contributed by atoms with Crippen LogP contribution in [0.2, 0.25) is 0 Å². The highest BCUT2D eigenvalue weighted by molar-refractivity contribution is 5.66. The highest BCUT2D eigenvalue weighted by Gasteiger charge is 2.03. The van der Waals surface area contributed by atoms with E-state index in [1.165, 1.54) is 11.1 Å². The molecule has 2 aromatic heterocycles.